The van der Waals surface area contributed by atoms with Gasteiger partial charge >= 0.3 is 0 Å². The van der Waals surface area contributed by atoms with Gasteiger partial charge < -0.3 is 10.6 Å². The topological polar surface area (TPSA) is 44.4 Å². The Bertz CT molecular complexity index is 323. The van der Waals surface area contributed by atoms with E-state index in [9.17, 15) is 4.79 Å². The van der Waals surface area contributed by atoms with Gasteiger partial charge in [-0.05, 0) is 38.6 Å². The third-order valence-electron chi connectivity index (χ3n) is 4.18. The first kappa shape index (κ1) is 14.5. The minimum absolute atomic E-state index is 0.171. The molecule has 1 aliphatic carbocycles. The van der Waals surface area contributed by atoms with Crippen LogP contribution in [-0.2, 0) is 4.79 Å². The third-order valence-corrected chi connectivity index (χ3v) is 4.18. The molecule has 4 nitrogen and oxygen atoms in total. The van der Waals surface area contributed by atoms with E-state index in [0.717, 1.165) is 32.6 Å². The van der Waals surface area contributed by atoms with Crippen LogP contribution in [0.1, 0.15) is 39.0 Å². The van der Waals surface area contributed by atoms with Gasteiger partial charge in [0, 0.05) is 25.7 Å². The number of rotatable bonds is 7. The van der Waals surface area contributed by atoms with Crippen LogP contribution in [0.15, 0.2) is 11.6 Å². The minimum atomic E-state index is 0.171. The first-order valence-corrected chi connectivity index (χ1v) is 7.69. The van der Waals surface area contributed by atoms with Crippen molar-refractivity contribution < 1.29 is 4.79 Å². The van der Waals surface area contributed by atoms with Gasteiger partial charge in [0.05, 0.1) is 6.54 Å². The summed E-state index contributed by atoms with van der Waals surface area (Å²) in [5, 5.41) is 6.31. The van der Waals surface area contributed by atoms with E-state index < -0.39 is 0 Å². The lowest BCUT2D eigenvalue weighted by Crippen LogP contribution is -2.58. The second kappa shape index (κ2) is 7.65. The van der Waals surface area contributed by atoms with E-state index in [1.807, 2.05) is 0 Å². The number of hydrogen-bond donors (Lipinski definition) is 2. The summed E-state index contributed by atoms with van der Waals surface area (Å²) in [6, 6.07) is 0.553. The van der Waals surface area contributed by atoms with Gasteiger partial charge in [0.25, 0.3) is 0 Å². The van der Waals surface area contributed by atoms with Gasteiger partial charge in [-0.25, -0.2) is 0 Å². The summed E-state index contributed by atoms with van der Waals surface area (Å²) in [4.78, 5) is 14.2. The normalized spacial score (nSPS) is 20.0. The van der Waals surface area contributed by atoms with E-state index in [2.05, 4.69) is 28.5 Å². The van der Waals surface area contributed by atoms with Crippen molar-refractivity contribution >= 4 is 5.91 Å². The maximum atomic E-state index is 11.9. The summed E-state index contributed by atoms with van der Waals surface area (Å²) in [6.45, 7) is 6.46. The van der Waals surface area contributed by atoms with Crippen molar-refractivity contribution in [2.45, 2.75) is 45.1 Å². The van der Waals surface area contributed by atoms with Crippen molar-refractivity contribution in [2.24, 2.45) is 0 Å². The molecule has 1 aliphatic heterocycles. The molecule has 2 aliphatic rings. The van der Waals surface area contributed by atoms with E-state index in [1.54, 1.807) is 0 Å². The summed E-state index contributed by atoms with van der Waals surface area (Å²) in [7, 11) is 0. The Morgan fingerprint density at radius 2 is 2.32 bits per heavy atom. The first-order chi connectivity index (χ1) is 9.29. The number of hydrogen-bond acceptors (Lipinski definition) is 3. The number of likely N-dealkylation sites (N-methyl/N-ethyl adjacent to an activating group) is 1. The van der Waals surface area contributed by atoms with Crippen molar-refractivity contribution in [1.82, 2.24) is 15.5 Å². The highest BCUT2D eigenvalue weighted by atomic mass is 16.2. The zero-order chi connectivity index (χ0) is 13.5. The maximum Gasteiger partial charge on any atom is 0.234 e. The molecular weight excluding hydrogens is 238 g/mol. The molecule has 0 unspecified atom stereocenters. The number of nitrogens with one attached hydrogen (secondary N) is 2. The molecule has 0 spiro atoms. The molecule has 0 saturated carbocycles. The van der Waals surface area contributed by atoms with Crippen LogP contribution in [0.25, 0.3) is 0 Å². The van der Waals surface area contributed by atoms with Crippen molar-refractivity contribution in [3.63, 3.8) is 0 Å². The highest BCUT2D eigenvalue weighted by Crippen LogP contribution is 2.19. The molecule has 0 aromatic heterocycles. The van der Waals surface area contributed by atoms with E-state index in [4.69, 9.17) is 0 Å². The van der Waals surface area contributed by atoms with Crippen LogP contribution in [0.2, 0.25) is 0 Å². The summed E-state index contributed by atoms with van der Waals surface area (Å²) < 4.78 is 0. The first-order valence-electron chi connectivity index (χ1n) is 7.69. The fourth-order valence-electron chi connectivity index (χ4n) is 2.77. The lowest BCUT2D eigenvalue weighted by Gasteiger charge is -2.37. The number of carbonyl (C=O) groups is 1. The van der Waals surface area contributed by atoms with Gasteiger partial charge in [0.2, 0.25) is 5.91 Å². The smallest absolute Gasteiger partial charge is 0.234 e. The predicted molar refractivity (Wildman–Crippen MR) is 78.1 cm³/mol. The molecule has 1 saturated heterocycles. The van der Waals surface area contributed by atoms with Crippen LogP contribution >= 0.6 is 0 Å². The minimum Gasteiger partial charge on any atom is -0.355 e. The zero-order valence-electron chi connectivity index (χ0n) is 12.1. The van der Waals surface area contributed by atoms with Crippen molar-refractivity contribution in [2.75, 3.05) is 32.7 Å². The molecule has 2 rings (SSSR count). The summed E-state index contributed by atoms with van der Waals surface area (Å²) in [6.07, 6.45) is 8.48. The van der Waals surface area contributed by atoms with E-state index >= 15 is 0 Å². The largest absolute Gasteiger partial charge is 0.355 e. The Hall–Kier alpha value is -0.870. The fourth-order valence-corrected chi connectivity index (χ4v) is 2.77. The highest BCUT2D eigenvalue weighted by molar-refractivity contribution is 5.78. The van der Waals surface area contributed by atoms with Gasteiger partial charge in [-0.3, -0.25) is 9.69 Å². The summed E-state index contributed by atoms with van der Waals surface area (Å²) >= 11 is 0. The van der Waals surface area contributed by atoms with E-state index in [1.165, 1.54) is 31.3 Å². The average Bonchev–Trinajstić information content (AvgIpc) is 2.37. The molecule has 0 aromatic carbocycles. The highest BCUT2D eigenvalue weighted by Gasteiger charge is 2.24. The van der Waals surface area contributed by atoms with Gasteiger partial charge in [0.15, 0.2) is 0 Å². The second-order valence-electron chi connectivity index (χ2n) is 5.58. The Labute approximate surface area is 116 Å². The lowest BCUT2D eigenvalue weighted by molar-refractivity contribution is -0.123. The standard InChI is InChI=1S/C15H27N3O/c1-2-18(14-10-16-11-14)12-15(19)17-9-8-13-6-4-3-5-7-13/h6,14,16H,2-5,7-12H2,1H3,(H,17,19). The Balaban J connectivity index is 1.61. The summed E-state index contributed by atoms with van der Waals surface area (Å²) in [5.74, 6) is 0.171. The number of nitrogens with zero attached hydrogens (tertiary/aromatic N) is 1. The van der Waals surface area contributed by atoms with Crippen LogP contribution < -0.4 is 10.6 Å². The molecule has 0 aromatic rings. The number of allylic oxidation sites excluding steroid dienone is 1. The zero-order valence-corrected chi connectivity index (χ0v) is 12.1. The second-order valence-corrected chi connectivity index (χ2v) is 5.58. The van der Waals surface area contributed by atoms with Crippen molar-refractivity contribution in [3.05, 3.63) is 11.6 Å². The lowest BCUT2D eigenvalue weighted by atomic mass is 9.97. The van der Waals surface area contributed by atoms with Crippen LogP contribution in [0.4, 0.5) is 0 Å². The molecular formula is C15H27N3O. The molecule has 4 heteroatoms. The molecule has 19 heavy (non-hydrogen) atoms. The third kappa shape index (κ3) is 4.62. The van der Waals surface area contributed by atoms with E-state index in [0.29, 0.717) is 12.6 Å². The SMILES string of the molecule is CCN(CC(=O)NCCC1=CCCCC1)C1CNC1. The fraction of sp³-hybridized carbons (Fsp3) is 0.800. The maximum absolute atomic E-state index is 11.9. The van der Waals surface area contributed by atoms with Gasteiger partial charge in [0.1, 0.15) is 0 Å². The van der Waals surface area contributed by atoms with Crippen LogP contribution in [0, 0.1) is 0 Å². The van der Waals surface area contributed by atoms with Gasteiger partial charge in [-0.1, -0.05) is 18.6 Å². The average molecular weight is 265 g/mol. The van der Waals surface area contributed by atoms with Crippen LogP contribution in [0.5, 0.6) is 0 Å². The number of amides is 1. The Kier molecular flexibility index (Phi) is 5.86. The van der Waals surface area contributed by atoms with E-state index in [-0.39, 0.29) is 5.91 Å². The molecule has 1 amide bonds. The molecule has 1 heterocycles. The molecule has 108 valence electrons. The molecule has 2 N–H and O–H groups in total. The monoisotopic (exact) mass is 265 g/mol. The van der Waals surface area contributed by atoms with Crippen molar-refractivity contribution in [3.8, 4) is 0 Å². The van der Waals surface area contributed by atoms with Crippen LogP contribution in [-0.4, -0.2) is 49.6 Å². The molecule has 0 atom stereocenters. The number of carbonyl (C=O) groups excluding carboxylic acids is 1. The van der Waals surface area contributed by atoms with Gasteiger partial charge in [-0.15, -0.1) is 0 Å². The molecule has 0 bridgehead atoms. The Morgan fingerprint density at radius 1 is 1.47 bits per heavy atom. The predicted octanol–water partition coefficient (Wildman–Crippen LogP) is 1.29. The molecule has 0 radical (unpaired) electrons. The van der Waals surface area contributed by atoms with Gasteiger partial charge in [-0.2, -0.15) is 0 Å². The molecule has 1 fully saturated rings. The summed E-state index contributed by atoms with van der Waals surface area (Å²) in [5.41, 5.74) is 1.53. The Morgan fingerprint density at radius 3 is 2.89 bits per heavy atom. The quantitative estimate of drug-likeness (QED) is 0.682. The van der Waals surface area contributed by atoms with Crippen LogP contribution in [0.3, 0.4) is 0 Å². The van der Waals surface area contributed by atoms with Crippen molar-refractivity contribution in [1.29, 1.82) is 0 Å².